The van der Waals surface area contributed by atoms with E-state index in [2.05, 4.69) is 10.6 Å². The minimum atomic E-state index is -0.927. The van der Waals surface area contributed by atoms with Crippen molar-refractivity contribution in [2.45, 2.75) is 18.9 Å². The van der Waals surface area contributed by atoms with Crippen molar-refractivity contribution in [2.24, 2.45) is 0 Å². The van der Waals surface area contributed by atoms with E-state index in [4.69, 9.17) is 5.11 Å². The van der Waals surface area contributed by atoms with Crippen molar-refractivity contribution in [3.05, 3.63) is 35.4 Å². The van der Waals surface area contributed by atoms with Crippen LogP contribution >= 0.6 is 11.8 Å². The number of urea groups is 1. The first-order valence-electron chi connectivity index (χ1n) is 6.59. The van der Waals surface area contributed by atoms with Crippen LogP contribution in [0.4, 0.5) is 4.79 Å². The van der Waals surface area contributed by atoms with Crippen LogP contribution in [0.5, 0.6) is 0 Å². The molecular weight excluding hydrogens is 276 g/mol. The second-order valence-electron chi connectivity index (χ2n) is 4.71. The standard InChI is InChI=1S/C14H18N2O3S/c17-13(18)11-3-1-10(2-4-11)5-7-15-14(19)16-12-6-8-20-9-12/h1-4,12H,5-9H2,(H,17,18)(H2,15,16,19). The summed E-state index contributed by atoms with van der Waals surface area (Å²) in [7, 11) is 0. The molecule has 108 valence electrons. The van der Waals surface area contributed by atoms with E-state index in [1.807, 2.05) is 11.8 Å². The van der Waals surface area contributed by atoms with Crippen molar-refractivity contribution in [3.8, 4) is 0 Å². The SMILES string of the molecule is O=C(NCCc1ccc(C(=O)O)cc1)NC1CCSC1. The average Bonchev–Trinajstić information content (AvgIpc) is 2.92. The fraction of sp³-hybridized carbons (Fsp3) is 0.429. The number of carbonyl (C=O) groups is 2. The van der Waals surface area contributed by atoms with E-state index in [1.165, 1.54) is 0 Å². The highest BCUT2D eigenvalue weighted by molar-refractivity contribution is 7.99. The van der Waals surface area contributed by atoms with Gasteiger partial charge in [-0.1, -0.05) is 12.1 Å². The highest BCUT2D eigenvalue weighted by Crippen LogP contribution is 2.16. The summed E-state index contributed by atoms with van der Waals surface area (Å²) in [5, 5.41) is 14.6. The zero-order chi connectivity index (χ0) is 14.4. The Bertz CT molecular complexity index is 470. The summed E-state index contributed by atoms with van der Waals surface area (Å²) >= 11 is 1.86. The third-order valence-electron chi connectivity index (χ3n) is 3.17. The van der Waals surface area contributed by atoms with E-state index in [1.54, 1.807) is 24.3 Å². The largest absolute Gasteiger partial charge is 0.478 e. The van der Waals surface area contributed by atoms with E-state index < -0.39 is 5.97 Å². The lowest BCUT2D eigenvalue weighted by atomic mass is 10.1. The van der Waals surface area contributed by atoms with Crippen molar-refractivity contribution < 1.29 is 14.7 Å². The molecule has 0 spiro atoms. The fourth-order valence-electron chi connectivity index (χ4n) is 2.02. The summed E-state index contributed by atoms with van der Waals surface area (Å²) in [5.74, 6) is 1.17. The molecule has 1 aliphatic rings. The van der Waals surface area contributed by atoms with Crippen LogP contribution in [0.1, 0.15) is 22.3 Å². The molecule has 1 heterocycles. The molecule has 0 saturated carbocycles. The third kappa shape index (κ3) is 4.45. The summed E-state index contributed by atoms with van der Waals surface area (Å²) in [6.45, 7) is 0.540. The number of rotatable bonds is 5. The lowest BCUT2D eigenvalue weighted by Crippen LogP contribution is -2.42. The molecule has 5 nitrogen and oxygen atoms in total. The van der Waals surface area contributed by atoms with Crippen LogP contribution in [0.2, 0.25) is 0 Å². The van der Waals surface area contributed by atoms with Gasteiger partial charge in [-0.25, -0.2) is 9.59 Å². The van der Waals surface area contributed by atoms with Crippen LogP contribution in [-0.2, 0) is 6.42 Å². The predicted octanol–water partition coefficient (Wildman–Crippen LogP) is 1.73. The Hall–Kier alpha value is -1.69. The van der Waals surface area contributed by atoms with Gasteiger partial charge >= 0.3 is 12.0 Å². The number of carbonyl (C=O) groups excluding carboxylic acids is 1. The predicted molar refractivity (Wildman–Crippen MR) is 79.4 cm³/mol. The first-order valence-corrected chi connectivity index (χ1v) is 7.75. The number of amides is 2. The molecule has 0 aromatic heterocycles. The van der Waals surface area contributed by atoms with Gasteiger partial charge in [-0.05, 0) is 36.3 Å². The van der Waals surface area contributed by atoms with Gasteiger partial charge < -0.3 is 15.7 Å². The first-order chi connectivity index (χ1) is 9.65. The van der Waals surface area contributed by atoms with Crippen molar-refractivity contribution in [2.75, 3.05) is 18.1 Å². The van der Waals surface area contributed by atoms with E-state index in [0.29, 0.717) is 13.0 Å². The first kappa shape index (κ1) is 14.7. The number of nitrogens with one attached hydrogen (secondary N) is 2. The van der Waals surface area contributed by atoms with Crippen molar-refractivity contribution in [1.82, 2.24) is 10.6 Å². The molecule has 0 bridgehead atoms. The molecule has 1 aromatic rings. The van der Waals surface area contributed by atoms with Gasteiger partial charge in [0, 0.05) is 18.3 Å². The molecule has 20 heavy (non-hydrogen) atoms. The lowest BCUT2D eigenvalue weighted by molar-refractivity contribution is 0.0697. The Kier molecular flexibility index (Phi) is 5.29. The Morgan fingerprint density at radius 3 is 2.65 bits per heavy atom. The number of hydrogen-bond acceptors (Lipinski definition) is 3. The van der Waals surface area contributed by atoms with Gasteiger partial charge in [0.1, 0.15) is 0 Å². The Morgan fingerprint density at radius 1 is 1.30 bits per heavy atom. The van der Waals surface area contributed by atoms with Crippen LogP contribution < -0.4 is 10.6 Å². The molecule has 1 aliphatic heterocycles. The van der Waals surface area contributed by atoms with Gasteiger partial charge in [-0.2, -0.15) is 11.8 Å². The summed E-state index contributed by atoms with van der Waals surface area (Å²) in [6, 6.07) is 6.86. The average molecular weight is 294 g/mol. The molecule has 1 atom stereocenters. The zero-order valence-electron chi connectivity index (χ0n) is 11.1. The summed E-state index contributed by atoms with van der Waals surface area (Å²) in [6.07, 6.45) is 1.72. The van der Waals surface area contributed by atoms with E-state index >= 15 is 0 Å². The van der Waals surface area contributed by atoms with Gasteiger partial charge in [0.05, 0.1) is 5.56 Å². The summed E-state index contributed by atoms with van der Waals surface area (Å²) in [5.41, 5.74) is 1.28. The van der Waals surface area contributed by atoms with Crippen LogP contribution in [0.3, 0.4) is 0 Å². The maximum atomic E-state index is 11.6. The molecule has 0 aliphatic carbocycles. The van der Waals surface area contributed by atoms with Gasteiger partial charge in [0.15, 0.2) is 0 Å². The molecule has 1 unspecified atom stereocenters. The number of thioether (sulfide) groups is 1. The number of benzene rings is 1. The molecular formula is C14H18N2O3S. The molecule has 1 aromatic carbocycles. The smallest absolute Gasteiger partial charge is 0.335 e. The van der Waals surface area contributed by atoms with Crippen LogP contribution in [-0.4, -0.2) is 41.2 Å². The van der Waals surface area contributed by atoms with E-state index in [-0.39, 0.29) is 17.6 Å². The molecule has 6 heteroatoms. The molecule has 2 amide bonds. The number of aromatic carboxylic acids is 1. The van der Waals surface area contributed by atoms with E-state index in [9.17, 15) is 9.59 Å². The number of carboxylic acid groups (broad SMARTS) is 1. The minimum absolute atomic E-state index is 0.125. The van der Waals surface area contributed by atoms with Gasteiger partial charge in [0.25, 0.3) is 0 Å². The van der Waals surface area contributed by atoms with Gasteiger partial charge in [-0.15, -0.1) is 0 Å². The Balaban J connectivity index is 1.69. The van der Waals surface area contributed by atoms with E-state index in [0.717, 1.165) is 23.5 Å². The Morgan fingerprint density at radius 2 is 2.05 bits per heavy atom. The van der Waals surface area contributed by atoms with Crippen LogP contribution in [0.15, 0.2) is 24.3 Å². The van der Waals surface area contributed by atoms with Crippen molar-refractivity contribution >= 4 is 23.8 Å². The molecule has 1 fully saturated rings. The van der Waals surface area contributed by atoms with Crippen molar-refractivity contribution in [3.63, 3.8) is 0 Å². The maximum absolute atomic E-state index is 11.6. The zero-order valence-corrected chi connectivity index (χ0v) is 11.9. The number of hydrogen-bond donors (Lipinski definition) is 3. The quantitative estimate of drug-likeness (QED) is 0.773. The number of carboxylic acids is 1. The van der Waals surface area contributed by atoms with Crippen LogP contribution in [0, 0.1) is 0 Å². The monoisotopic (exact) mass is 294 g/mol. The topological polar surface area (TPSA) is 78.4 Å². The Labute approximate surface area is 122 Å². The molecule has 0 radical (unpaired) electrons. The molecule has 3 N–H and O–H groups in total. The van der Waals surface area contributed by atoms with Crippen LogP contribution in [0.25, 0.3) is 0 Å². The molecule has 1 saturated heterocycles. The maximum Gasteiger partial charge on any atom is 0.335 e. The van der Waals surface area contributed by atoms with Gasteiger partial charge in [0.2, 0.25) is 0 Å². The summed E-state index contributed by atoms with van der Waals surface area (Å²) in [4.78, 5) is 22.3. The summed E-state index contributed by atoms with van der Waals surface area (Å²) < 4.78 is 0. The third-order valence-corrected chi connectivity index (χ3v) is 4.33. The van der Waals surface area contributed by atoms with Crippen molar-refractivity contribution in [1.29, 1.82) is 0 Å². The lowest BCUT2D eigenvalue weighted by Gasteiger charge is -2.12. The highest BCUT2D eigenvalue weighted by atomic mass is 32.2. The minimum Gasteiger partial charge on any atom is -0.478 e. The normalized spacial score (nSPS) is 17.7. The van der Waals surface area contributed by atoms with Gasteiger partial charge in [-0.3, -0.25) is 0 Å². The second kappa shape index (κ2) is 7.19. The molecule has 2 rings (SSSR count). The fourth-order valence-corrected chi connectivity index (χ4v) is 3.17. The highest BCUT2D eigenvalue weighted by Gasteiger charge is 2.16. The second-order valence-corrected chi connectivity index (χ2v) is 5.86.